The largest absolute Gasteiger partial charge is 0.0654 e. The van der Waals surface area contributed by atoms with E-state index in [2.05, 4.69) is 122 Å². The third kappa shape index (κ3) is 4.42. The summed E-state index contributed by atoms with van der Waals surface area (Å²) in [5.41, 5.74) is 4.12. The van der Waals surface area contributed by atoms with Crippen molar-refractivity contribution in [3.05, 3.63) is 121 Å². The van der Waals surface area contributed by atoms with Gasteiger partial charge in [0.15, 0.2) is 0 Å². The summed E-state index contributed by atoms with van der Waals surface area (Å²) in [6, 6.07) is 44.3. The van der Waals surface area contributed by atoms with Gasteiger partial charge in [0.05, 0.1) is 0 Å². The van der Waals surface area contributed by atoms with Crippen molar-refractivity contribution in [2.24, 2.45) is 0 Å². The molecule has 46 heavy (non-hydrogen) atoms. The highest BCUT2D eigenvalue weighted by Crippen LogP contribution is 2.46. The van der Waals surface area contributed by atoms with Crippen LogP contribution in [0.5, 0.6) is 0 Å². The van der Waals surface area contributed by atoms with Gasteiger partial charge in [-0.25, -0.2) is 0 Å². The van der Waals surface area contributed by atoms with E-state index in [1.54, 1.807) is 0 Å². The molecule has 9 rings (SSSR count). The molecular formula is C46H40. The minimum Gasteiger partial charge on any atom is -0.0654 e. The maximum Gasteiger partial charge on any atom is -0.00141 e. The van der Waals surface area contributed by atoms with Gasteiger partial charge in [-0.15, -0.1) is 0 Å². The van der Waals surface area contributed by atoms with Crippen LogP contribution in [0.25, 0.3) is 86.5 Å². The van der Waals surface area contributed by atoms with E-state index in [0.717, 1.165) is 0 Å². The topological polar surface area (TPSA) is 0 Å². The molecule has 224 valence electrons. The maximum atomic E-state index is 2.48. The summed E-state index contributed by atoms with van der Waals surface area (Å²) in [4.78, 5) is 0. The second kappa shape index (κ2) is 11.3. The highest BCUT2D eigenvalue weighted by atomic mass is 14.2. The van der Waals surface area contributed by atoms with Crippen LogP contribution < -0.4 is 0 Å². The molecule has 0 fully saturated rings. The fourth-order valence-corrected chi connectivity index (χ4v) is 8.45. The first-order valence-electron chi connectivity index (χ1n) is 17.6. The third-order valence-corrected chi connectivity index (χ3v) is 10.8. The summed E-state index contributed by atoms with van der Waals surface area (Å²) in [7, 11) is 0. The first-order chi connectivity index (χ1) is 22.8. The van der Waals surface area contributed by atoms with Crippen molar-refractivity contribution < 1.29 is 0 Å². The first kappa shape index (κ1) is 27.6. The van der Waals surface area contributed by atoms with Crippen LogP contribution in [0.15, 0.2) is 115 Å². The molecule has 0 unspecified atom stereocenters. The van der Waals surface area contributed by atoms with Gasteiger partial charge in [-0.2, -0.15) is 0 Å². The number of rotatable bonds is 10. The molecule has 0 amide bonds. The lowest BCUT2D eigenvalue weighted by Gasteiger charge is -2.09. The standard InChI is InChI=1S/C46H40/c1-2-3-4-5-6-7-8-9-13-30-20-22-31(23-21-30)36-25-24-33-16-12-19-39-42-28-34-26-40-37-17-10-14-32-15-11-18-38(44(32)37)41(40)27-35(34)29-43(42)46(36)45(33)39/h10-12,14-29H,2-9,13H2,1H3. The fourth-order valence-electron chi connectivity index (χ4n) is 8.45. The van der Waals surface area contributed by atoms with Crippen molar-refractivity contribution in [3.63, 3.8) is 0 Å². The summed E-state index contributed by atoms with van der Waals surface area (Å²) in [6.07, 6.45) is 12.1. The van der Waals surface area contributed by atoms with Crippen LogP contribution in [0.3, 0.4) is 0 Å². The highest BCUT2D eigenvalue weighted by Gasteiger charge is 2.18. The van der Waals surface area contributed by atoms with Gasteiger partial charge in [0, 0.05) is 0 Å². The van der Waals surface area contributed by atoms with Crippen molar-refractivity contribution in [1.29, 1.82) is 0 Å². The van der Waals surface area contributed by atoms with Gasteiger partial charge in [-0.3, -0.25) is 0 Å². The highest BCUT2D eigenvalue weighted by molar-refractivity contribution is 6.36. The Labute approximate surface area is 271 Å². The normalized spacial score (nSPS) is 12.4. The number of fused-ring (bicyclic) bond motifs is 7. The maximum absolute atomic E-state index is 2.48. The number of hydrogen-bond donors (Lipinski definition) is 0. The summed E-state index contributed by atoms with van der Waals surface area (Å²) in [5.74, 6) is 0. The van der Waals surface area contributed by atoms with Gasteiger partial charge < -0.3 is 0 Å². The van der Waals surface area contributed by atoms with Crippen molar-refractivity contribution in [1.82, 2.24) is 0 Å². The van der Waals surface area contributed by atoms with E-state index < -0.39 is 0 Å². The lowest BCUT2D eigenvalue weighted by Crippen LogP contribution is -1.88. The minimum atomic E-state index is 1.18. The van der Waals surface area contributed by atoms with Crippen molar-refractivity contribution in [3.8, 4) is 11.1 Å². The zero-order chi connectivity index (χ0) is 30.6. The van der Waals surface area contributed by atoms with Gasteiger partial charge in [0.25, 0.3) is 0 Å². The summed E-state index contributed by atoms with van der Waals surface area (Å²) in [6.45, 7) is 2.29. The SMILES string of the molecule is CCCCCCCCCCc1ccc(-c2ccc3cccc4c5cc6cc7c(cc6cc5c2c34)c2cccc3cccc7c32)cc1. The Kier molecular flexibility index (Phi) is 6.78. The third-order valence-electron chi connectivity index (χ3n) is 10.8. The summed E-state index contributed by atoms with van der Waals surface area (Å²) >= 11 is 0. The Hall–Kier alpha value is -4.68. The van der Waals surface area contributed by atoms with E-state index in [0.29, 0.717) is 0 Å². The van der Waals surface area contributed by atoms with Gasteiger partial charge >= 0.3 is 0 Å². The van der Waals surface area contributed by atoms with Crippen LogP contribution >= 0.6 is 0 Å². The van der Waals surface area contributed by atoms with Gasteiger partial charge in [-0.05, 0) is 129 Å². The Balaban J connectivity index is 1.12. The average Bonchev–Trinajstić information content (AvgIpc) is 3.59. The van der Waals surface area contributed by atoms with E-state index in [1.807, 2.05) is 0 Å². The Morgan fingerprint density at radius 1 is 0.370 bits per heavy atom. The molecule has 0 spiro atoms. The number of unbranched alkanes of at least 4 members (excludes halogenated alkanes) is 7. The molecule has 0 aliphatic heterocycles. The van der Waals surface area contributed by atoms with Gasteiger partial charge in [-0.1, -0.05) is 143 Å². The van der Waals surface area contributed by atoms with Gasteiger partial charge in [0.1, 0.15) is 0 Å². The molecule has 0 atom stereocenters. The molecule has 0 aliphatic rings. The molecule has 0 saturated carbocycles. The number of hydrogen-bond acceptors (Lipinski definition) is 0. The first-order valence-corrected chi connectivity index (χ1v) is 17.6. The van der Waals surface area contributed by atoms with Crippen LogP contribution in [0.2, 0.25) is 0 Å². The summed E-state index contributed by atoms with van der Waals surface area (Å²) < 4.78 is 0. The molecule has 0 bridgehead atoms. The lowest BCUT2D eigenvalue weighted by atomic mass is 9.94. The smallest absolute Gasteiger partial charge is 0.00141 e. The zero-order valence-electron chi connectivity index (χ0n) is 26.8. The molecule has 0 nitrogen and oxygen atoms in total. The van der Waals surface area contributed by atoms with Crippen LogP contribution in [-0.2, 0) is 6.42 Å². The molecule has 0 heterocycles. The molecule has 9 aromatic rings. The van der Waals surface area contributed by atoms with Crippen LogP contribution in [0.1, 0.15) is 63.9 Å². The van der Waals surface area contributed by atoms with E-state index >= 15 is 0 Å². The number of benzene rings is 7. The quantitative estimate of drug-likeness (QED) is 0.139. The van der Waals surface area contributed by atoms with Crippen LogP contribution in [0.4, 0.5) is 0 Å². The predicted octanol–water partition coefficient (Wildman–Crippen LogP) is 14.0. The fraction of sp³-hybridized carbons (Fsp3) is 0.217. The molecule has 0 heteroatoms. The number of aryl methyl sites for hydroxylation is 1. The molecule has 0 aliphatic carbocycles. The predicted molar refractivity (Wildman–Crippen MR) is 203 cm³/mol. The van der Waals surface area contributed by atoms with E-state index in [-0.39, 0.29) is 0 Å². The minimum absolute atomic E-state index is 1.18. The van der Waals surface area contributed by atoms with E-state index in [9.17, 15) is 0 Å². The molecule has 0 saturated heterocycles. The second-order valence-electron chi connectivity index (χ2n) is 13.7. The molecule has 0 aromatic heterocycles. The van der Waals surface area contributed by atoms with Crippen molar-refractivity contribution >= 4 is 75.4 Å². The Bertz CT molecular complexity index is 2490. The van der Waals surface area contributed by atoms with Gasteiger partial charge in [0.2, 0.25) is 0 Å². The second-order valence-corrected chi connectivity index (χ2v) is 13.7. The summed E-state index contributed by atoms with van der Waals surface area (Å²) in [5, 5.41) is 19.0. The average molecular weight is 593 g/mol. The van der Waals surface area contributed by atoms with E-state index in [4.69, 9.17) is 0 Å². The lowest BCUT2D eigenvalue weighted by molar-refractivity contribution is 0.575. The van der Waals surface area contributed by atoms with Crippen LogP contribution in [-0.4, -0.2) is 0 Å². The monoisotopic (exact) mass is 592 g/mol. The van der Waals surface area contributed by atoms with E-state index in [1.165, 1.54) is 150 Å². The molecule has 0 radical (unpaired) electrons. The Morgan fingerprint density at radius 3 is 1.52 bits per heavy atom. The Morgan fingerprint density at radius 2 is 0.891 bits per heavy atom. The molecule has 0 N–H and O–H groups in total. The zero-order valence-corrected chi connectivity index (χ0v) is 26.8. The van der Waals surface area contributed by atoms with Crippen molar-refractivity contribution in [2.75, 3.05) is 0 Å². The van der Waals surface area contributed by atoms with Crippen molar-refractivity contribution in [2.45, 2.75) is 64.7 Å². The van der Waals surface area contributed by atoms with Crippen LogP contribution in [0, 0.1) is 0 Å². The molecule has 9 aromatic carbocycles. The molecular weight excluding hydrogens is 553 g/mol.